The fourth-order valence-corrected chi connectivity index (χ4v) is 3.64. The highest BCUT2D eigenvalue weighted by molar-refractivity contribution is 5.93. The SMILES string of the molecule is Fc1cc(CNCCCCOCCNc2cc(-n3cnnc3)cc3[nH]ncc23)cc(F)c1OC(F)(F)F. The van der Waals surface area contributed by atoms with Crippen molar-refractivity contribution in [1.29, 1.82) is 0 Å². The maximum Gasteiger partial charge on any atom is 0.573 e. The Labute approximate surface area is 208 Å². The second kappa shape index (κ2) is 12.0. The van der Waals surface area contributed by atoms with Crippen molar-refractivity contribution < 1.29 is 31.4 Å². The molecule has 0 atom stereocenters. The summed E-state index contributed by atoms with van der Waals surface area (Å²) in [4.78, 5) is 0. The number of H-pyrrole nitrogens is 1. The largest absolute Gasteiger partial charge is 0.573 e. The number of anilines is 1. The third kappa shape index (κ3) is 7.36. The van der Waals surface area contributed by atoms with Crippen molar-refractivity contribution in [1.82, 2.24) is 30.3 Å². The number of alkyl halides is 3. The van der Waals surface area contributed by atoms with Crippen molar-refractivity contribution >= 4 is 16.6 Å². The van der Waals surface area contributed by atoms with E-state index in [1.165, 1.54) is 0 Å². The summed E-state index contributed by atoms with van der Waals surface area (Å²) >= 11 is 0. The predicted molar refractivity (Wildman–Crippen MR) is 124 cm³/mol. The topological polar surface area (TPSA) is 102 Å². The first-order valence-corrected chi connectivity index (χ1v) is 11.4. The van der Waals surface area contributed by atoms with Crippen molar-refractivity contribution in [3.05, 3.63) is 60.3 Å². The van der Waals surface area contributed by atoms with Gasteiger partial charge in [0.25, 0.3) is 0 Å². The number of hydrogen-bond donors (Lipinski definition) is 3. The molecule has 0 saturated carbocycles. The van der Waals surface area contributed by atoms with Gasteiger partial charge in [-0.15, -0.1) is 23.4 Å². The zero-order valence-corrected chi connectivity index (χ0v) is 19.5. The quantitative estimate of drug-likeness (QED) is 0.177. The highest BCUT2D eigenvalue weighted by Crippen LogP contribution is 2.29. The fraction of sp³-hybridized carbons (Fsp3) is 0.348. The molecule has 0 saturated heterocycles. The summed E-state index contributed by atoms with van der Waals surface area (Å²) < 4.78 is 75.0. The van der Waals surface area contributed by atoms with Crippen LogP contribution in [0.4, 0.5) is 27.6 Å². The van der Waals surface area contributed by atoms with E-state index in [0.29, 0.717) is 26.3 Å². The van der Waals surface area contributed by atoms with E-state index in [2.05, 4.69) is 35.8 Å². The van der Waals surface area contributed by atoms with Crippen LogP contribution >= 0.6 is 0 Å². The normalized spacial score (nSPS) is 11.8. The smallest absolute Gasteiger partial charge is 0.399 e. The lowest BCUT2D eigenvalue weighted by Crippen LogP contribution is -2.20. The van der Waals surface area contributed by atoms with E-state index in [1.54, 1.807) is 23.4 Å². The maximum absolute atomic E-state index is 13.7. The molecule has 14 heteroatoms. The molecule has 0 amide bonds. The molecule has 0 bridgehead atoms. The second-order valence-electron chi connectivity index (χ2n) is 8.05. The fourth-order valence-electron chi connectivity index (χ4n) is 3.64. The second-order valence-corrected chi connectivity index (χ2v) is 8.05. The van der Waals surface area contributed by atoms with Gasteiger partial charge in [0.1, 0.15) is 12.7 Å². The Balaban J connectivity index is 1.12. The summed E-state index contributed by atoms with van der Waals surface area (Å²) in [7, 11) is 0. The molecule has 0 radical (unpaired) electrons. The van der Waals surface area contributed by atoms with E-state index in [-0.39, 0.29) is 12.1 Å². The average molecular weight is 525 g/mol. The summed E-state index contributed by atoms with van der Waals surface area (Å²) in [6.45, 7) is 2.23. The van der Waals surface area contributed by atoms with Crippen LogP contribution in [0.15, 0.2) is 43.1 Å². The van der Waals surface area contributed by atoms with Crippen molar-refractivity contribution in [3.8, 4) is 11.4 Å². The highest BCUT2D eigenvalue weighted by Gasteiger charge is 2.34. The molecule has 198 valence electrons. The van der Waals surface area contributed by atoms with Crippen LogP contribution in [0, 0.1) is 11.6 Å². The molecule has 4 aromatic rings. The van der Waals surface area contributed by atoms with Gasteiger partial charge in [-0.2, -0.15) is 5.10 Å². The van der Waals surface area contributed by atoms with E-state index in [0.717, 1.165) is 47.3 Å². The van der Waals surface area contributed by atoms with Gasteiger partial charge < -0.3 is 20.1 Å². The number of unbranched alkanes of at least 4 members (excludes halogenated alkanes) is 1. The minimum absolute atomic E-state index is 0.0988. The van der Waals surface area contributed by atoms with Gasteiger partial charge in [-0.3, -0.25) is 9.67 Å². The Morgan fingerprint density at radius 2 is 1.70 bits per heavy atom. The number of rotatable bonds is 13. The Hall–Kier alpha value is -3.78. The van der Waals surface area contributed by atoms with Gasteiger partial charge in [0, 0.05) is 30.8 Å². The number of halogens is 5. The maximum atomic E-state index is 13.7. The Morgan fingerprint density at radius 3 is 2.43 bits per heavy atom. The molecule has 0 unspecified atom stereocenters. The molecule has 0 aliphatic rings. The molecule has 0 spiro atoms. The highest BCUT2D eigenvalue weighted by atomic mass is 19.4. The Bertz CT molecular complexity index is 1270. The molecule has 2 aromatic heterocycles. The Morgan fingerprint density at radius 1 is 0.946 bits per heavy atom. The minimum Gasteiger partial charge on any atom is -0.399 e. The van der Waals surface area contributed by atoms with Gasteiger partial charge in [-0.25, -0.2) is 8.78 Å². The molecule has 0 aliphatic carbocycles. The molecule has 4 rings (SSSR count). The zero-order chi connectivity index (χ0) is 26.3. The van der Waals surface area contributed by atoms with Crippen LogP contribution < -0.4 is 15.4 Å². The van der Waals surface area contributed by atoms with E-state index < -0.39 is 23.7 Å². The Kier molecular flexibility index (Phi) is 8.50. The third-order valence-corrected chi connectivity index (χ3v) is 5.32. The number of ether oxygens (including phenoxy) is 2. The first-order chi connectivity index (χ1) is 17.8. The van der Waals surface area contributed by atoms with Crippen LogP contribution in [0.1, 0.15) is 18.4 Å². The molecular weight excluding hydrogens is 501 g/mol. The summed E-state index contributed by atoms with van der Waals surface area (Å²) in [6.07, 6.45) is 1.29. The van der Waals surface area contributed by atoms with Gasteiger partial charge in [0.15, 0.2) is 11.6 Å². The van der Waals surface area contributed by atoms with Gasteiger partial charge >= 0.3 is 6.36 Å². The lowest BCUT2D eigenvalue weighted by atomic mass is 10.2. The van der Waals surface area contributed by atoms with Crippen molar-refractivity contribution in [3.63, 3.8) is 0 Å². The lowest BCUT2D eigenvalue weighted by molar-refractivity contribution is -0.276. The van der Waals surface area contributed by atoms with Crippen LogP contribution in [0.3, 0.4) is 0 Å². The third-order valence-electron chi connectivity index (χ3n) is 5.32. The van der Waals surface area contributed by atoms with E-state index in [9.17, 15) is 22.0 Å². The number of aromatic nitrogens is 5. The summed E-state index contributed by atoms with van der Waals surface area (Å²) in [5, 5.41) is 22.0. The molecular formula is C23H24F5N7O2. The predicted octanol–water partition coefficient (Wildman–Crippen LogP) is 4.32. The van der Waals surface area contributed by atoms with Gasteiger partial charge in [-0.1, -0.05) is 0 Å². The van der Waals surface area contributed by atoms with Gasteiger partial charge in [0.2, 0.25) is 5.75 Å². The molecule has 9 nitrogen and oxygen atoms in total. The summed E-state index contributed by atoms with van der Waals surface area (Å²) in [5.41, 5.74) is 2.83. The van der Waals surface area contributed by atoms with Crippen LogP contribution in [-0.2, 0) is 11.3 Å². The number of aromatic amines is 1. The monoisotopic (exact) mass is 525 g/mol. The van der Waals surface area contributed by atoms with Crippen LogP contribution in [-0.4, -0.2) is 57.6 Å². The number of hydrogen-bond acceptors (Lipinski definition) is 7. The van der Waals surface area contributed by atoms with Crippen LogP contribution in [0.5, 0.6) is 5.75 Å². The van der Waals surface area contributed by atoms with Crippen molar-refractivity contribution in [2.45, 2.75) is 25.7 Å². The van der Waals surface area contributed by atoms with Crippen molar-refractivity contribution in [2.24, 2.45) is 0 Å². The van der Waals surface area contributed by atoms with E-state index >= 15 is 0 Å². The molecule has 37 heavy (non-hydrogen) atoms. The average Bonchev–Trinajstić information content (AvgIpc) is 3.54. The minimum atomic E-state index is -5.17. The van der Waals surface area contributed by atoms with Crippen molar-refractivity contribution in [2.75, 3.05) is 31.6 Å². The number of nitrogens with one attached hydrogen (secondary N) is 3. The number of benzene rings is 2. The summed E-state index contributed by atoms with van der Waals surface area (Å²) in [6, 6.07) is 5.55. The van der Waals surface area contributed by atoms with Gasteiger partial charge in [0.05, 0.1) is 24.0 Å². The molecule has 2 heterocycles. The first kappa shape index (κ1) is 26.3. The van der Waals surface area contributed by atoms with Gasteiger partial charge in [-0.05, 0) is 49.2 Å². The lowest BCUT2D eigenvalue weighted by Gasteiger charge is -2.12. The first-order valence-electron chi connectivity index (χ1n) is 11.4. The zero-order valence-electron chi connectivity index (χ0n) is 19.5. The van der Waals surface area contributed by atoms with Crippen LogP contribution in [0.2, 0.25) is 0 Å². The molecule has 0 aliphatic heterocycles. The van der Waals surface area contributed by atoms with E-state index in [1.807, 2.05) is 12.1 Å². The number of nitrogens with zero attached hydrogens (tertiary/aromatic N) is 4. The molecule has 0 fully saturated rings. The number of fused-ring (bicyclic) bond motifs is 1. The summed E-state index contributed by atoms with van der Waals surface area (Å²) in [5.74, 6) is -4.27. The molecule has 2 aromatic carbocycles. The molecule has 3 N–H and O–H groups in total. The van der Waals surface area contributed by atoms with E-state index in [4.69, 9.17) is 4.74 Å². The van der Waals surface area contributed by atoms with Crippen LogP contribution in [0.25, 0.3) is 16.6 Å². The standard InChI is InChI=1S/C23H24F5N7O2/c24-18-7-15(8-19(25)22(18)37-23(26,27)28)11-29-3-1-2-5-36-6-4-30-20-9-16(35-13-32-33-14-35)10-21-17(20)12-31-34-21/h7-10,12-14,29-30H,1-6,11H2,(H,31,34).